The number of anilines is 3. The van der Waals surface area contributed by atoms with Crippen molar-refractivity contribution in [3.8, 4) is 33.4 Å². The first-order chi connectivity index (χ1) is 26.5. The largest absolute Gasteiger partial charge is 0.310 e. The van der Waals surface area contributed by atoms with E-state index >= 15 is 0 Å². The lowest BCUT2D eigenvalue weighted by atomic mass is 9.77. The Morgan fingerprint density at radius 1 is 0.481 bits per heavy atom. The third kappa shape index (κ3) is 5.31. The zero-order valence-electron chi connectivity index (χ0n) is 30.7. The quantitative estimate of drug-likeness (QED) is 0.168. The van der Waals surface area contributed by atoms with Crippen LogP contribution in [0.25, 0.3) is 49.7 Å². The van der Waals surface area contributed by atoms with Crippen LogP contribution in [-0.2, 0) is 5.41 Å². The molecule has 258 valence electrons. The Balaban J connectivity index is 1.07. The number of benzene rings is 7. The molecular formula is C53H41N. The smallest absolute Gasteiger partial charge is 0.0543 e. The lowest BCUT2D eigenvalue weighted by molar-refractivity contribution is 0.660. The summed E-state index contributed by atoms with van der Waals surface area (Å²) in [6, 6.07) is 58.3. The van der Waals surface area contributed by atoms with Crippen LogP contribution < -0.4 is 4.90 Å². The van der Waals surface area contributed by atoms with E-state index in [0.717, 1.165) is 11.4 Å². The Labute approximate surface area is 318 Å². The van der Waals surface area contributed by atoms with Crippen LogP contribution in [0.2, 0.25) is 0 Å². The van der Waals surface area contributed by atoms with Crippen molar-refractivity contribution in [1.82, 2.24) is 0 Å². The van der Waals surface area contributed by atoms with E-state index in [1.807, 2.05) is 0 Å². The highest BCUT2D eigenvalue weighted by Gasteiger charge is 2.37. The lowest BCUT2D eigenvalue weighted by Gasteiger charge is -2.30. The van der Waals surface area contributed by atoms with E-state index in [9.17, 15) is 0 Å². The van der Waals surface area contributed by atoms with Crippen LogP contribution >= 0.6 is 0 Å². The second-order valence-electron chi connectivity index (χ2n) is 15.3. The highest BCUT2D eigenvalue weighted by molar-refractivity contribution is 5.99. The molecule has 1 nitrogen and oxygen atoms in total. The number of fused-ring (bicyclic) bond motifs is 5. The van der Waals surface area contributed by atoms with Crippen LogP contribution in [0.4, 0.5) is 17.1 Å². The molecule has 0 fully saturated rings. The second-order valence-corrected chi connectivity index (χ2v) is 15.3. The maximum atomic E-state index is 2.46. The van der Waals surface area contributed by atoms with Gasteiger partial charge < -0.3 is 4.90 Å². The summed E-state index contributed by atoms with van der Waals surface area (Å²) >= 11 is 0. The van der Waals surface area contributed by atoms with Gasteiger partial charge in [0.05, 0.1) is 5.69 Å². The van der Waals surface area contributed by atoms with Crippen LogP contribution in [0.15, 0.2) is 200 Å². The minimum atomic E-state index is -0.0861. The minimum Gasteiger partial charge on any atom is -0.310 e. The fraction of sp³-hybridized carbons (Fsp3) is 0.0943. The SMILES string of the molecule is CC1(C)c2ccccc2-c2c(N(c3ccc(C4=CC=CC5C=CC=CC45)cc3)c3ccc(-c4ccc5c(-c6ccccc6)cccc5c4)cc3)cccc21. The molecule has 0 radical (unpaired) electrons. The van der Waals surface area contributed by atoms with Gasteiger partial charge in [-0.25, -0.2) is 0 Å². The molecule has 0 amide bonds. The molecule has 7 aromatic carbocycles. The summed E-state index contributed by atoms with van der Waals surface area (Å²) in [6.07, 6.45) is 15.8. The molecule has 1 heteroatoms. The van der Waals surface area contributed by atoms with E-state index in [0.29, 0.717) is 11.8 Å². The van der Waals surface area contributed by atoms with Gasteiger partial charge in [0.1, 0.15) is 0 Å². The number of nitrogens with zero attached hydrogens (tertiary/aromatic N) is 1. The highest BCUT2D eigenvalue weighted by Crippen LogP contribution is 2.54. The Hall–Kier alpha value is -6.44. The molecular weight excluding hydrogens is 651 g/mol. The second kappa shape index (κ2) is 12.9. The maximum Gasteiger partial charge on any atom is 0.0543 e. The Morgan fingerprint density at radius 3 is 1.94 bits per heavy atom. The van der Waals surface area contributed by atoms with Crippen LogP contribution in [0, 0.1) is 11.8 Å². The van der Waals surface area contributed by atoms with Gasteiger partial charge >= 0.3 is 0 Å². The van der Waals surface area contributed by atoms with E-state index < -0.39 is 0 Å². The van der Waals surface area contributed by atoms with Crippen molar-refractivity contribution in [3.05, 3.63) is 217 Å². The first-order valence-corrected chi connectivity index (χ1v) is 19.1. The molecule has 0 saturated carbocycles. The predicted molar refractivity (Wildman–Crippen MR) is 229 cm³/mol. The normalized spacial score (nSPS) is 17.5. The molecule has 0 saturated heterocycles. The van der Waals surface area contributed by atoms with Crippen LogP contribution in [-0.4, -0.2) is 0 Å². The van der Waals surface area contributed by atoms with Crippen molar-refractivity contribution in [2.45, 2.75) is 19.3 Å². The van der Waals surface area contributed by atoms with Crippen molar-refractivity contribution >= 4 is 33.4 Å². The molecule has 7 aromatic rings. The number of hydrogen-bond donors (Lipinski definition) is 0. The fourth-order valence-corrected chi connectivity index (χ4v) is 9.09. The molecule has 54 heavy (non-hydrogen) atoms. The van der Waals surface area contributed by atoms with Gasteiger partial charge in [-0.1, -0.05) is 178 Å². The number of hydrogen-bond acceptors (Lipinski definition) is 1. The van der Waals surface area contributed by atoms with Gasteiger partial charge in [-0.3, -0.25) is 0 Å². The van der Waals surface area contributed by atoms with Crippen molar-refractivity contribution in [2.75, 3.05) is 4.90 Å². The molecule has 10 rings (SSSR count). The third-order valence-electron chi connectivity index (χ3n) is 11.9. The highest BCUT2D eigenvalue weighted by atomic mass is 15.1. The zero-order chi connectivity index (χ0) is 36.2. The lowest BCUT2D eigenvalue weighted by Crippen LogP contribution is -2.16. The van der Waals surface area contributed by atoms with Gasteiger partial charge in [-0.15, -0.1) is 0 Å². The van der Waals surface area contributed by atoms with Gasteiger partial charge in [0.15, 0.2) is 0 Å². The van der Waals surface area contributed by atoms with Gasteiger partial charge in [0, 0.05) is 34.2 Å². The predicted octanol–water partition coefficient (Wildman–Crippen LogP) is 14.3. The molecule has 3 aliphatic rings. The van der Waals surface area contributed by atoms with Crippen molar-refractivity contribution in [3.63, 3.8) is 0 Å². The van der Waals surface area contributed by atoms with Gasteiger partial charge in [-0.05, 0) is 97.3 Å². The standard InChI is InChI=1S/C53H41N/c1-53(2)49-22-9-8-19-48(49)52-50(53)23-12-24-51(52)54(43-32-27-39(28-33-43)46-20-10-16-38-15-6-7-18-44(38)46)42-30-25-36(26-31-42)40-29-34-47-41(35-40)17-11-21-45(47)37-13-4-3-5-14-37/h3-35,38,44H,1-2H3. The first kappa shape index (κ1) is 32.2. The maximum absolute atomic E-state index is 2.46. The van der Waals surface area contributed by atoms with Crippen LogP contribution in [0.3, 0.4) is 0 Å². The van der Waals surface area contributed by atoms with Crippen molar-refractivity contribution in [1.29, 1.82) is 0 Å². The Morgan fingerprint density at radius 2 is 1.13 bits per heavy atom. The number of rotatable bonds is 6. The fourth-order valence-electron chi connectivity index (χ4n) is 9.09. The van der Waals surface area contributed by atoms with Gasteiger partial charge in [0.2, 0.25) is 0 Å². The molecule has 0 spiro atoms. The van der Waals surface area contributed by atoms with Gasteiger partial charge in [0.25, 0.3) is 0 Å². The molecule has 0 bridgehead atoms. The minimum absolute atomic E-state index is 0.0861. The van der Waals surface area contributed by atoms with Crippen LogP contribution in [0.5, 0.6) is 0 Å². The summed E-state index contributed by atoms with van der Waals surface area (Å²) < 4.78 is 0. The molecule has 0 aromatic heterocycles. The first-order valence-electron chi connectivity index (χ1n) is 19.1. The number of allylic oxidation sites excluding steroid dienone is 8. The molecule has 3 aliphatic carbocycles. The summed E-state index contributed by atoms with van der Waals surface area (Å²) in [5, 5.41) is 2.52. The van der Waals surface area contributed by atoms with E-state index in [1.165, 1.54) is 72.1 Å². The Bertz CT molecular complexity index is 2670. The van der Waals surface area contributed by atoms with E-state index in [4.69, 9.17) is 0 Å². The monoisotopic (exact) mass is 691 g/mol. The van der Waals surface area contributed by atoms with E-state index in [-0.39, 0.29) is 5.41 Å². The van der Waals surface area contributed by atoms with E-state index in [1.54, 1.807) is 0 Å². The van der Waals surface area contributed by atoms with Crippen molar-refractivity contribution in [2.24, 2.45) is 11.8 Å². The van der Waals surface area contributed by atoms with Gasteiger partial charge in [-0.2, -0.15) is 0 Å². The average Bonchev–Trinajstić information content (AvgIpc) is 3.47. The summed E-state index contributed by atoms with van der Waals surface area (Å²) in [6.45, 7) is 4.71. The molecule has 0 N–H and O–H groups in total. The zero-order valence-corrected chi connectivity index (χ0v) is 30.7. The molecule has 2 atom stereocenters. The van der Waals surface area contributed by atoms with E-state index in [2.05, 4.69) is 219 Å². The summed E-state index contributed by atoms with van der Waals surface area (Å²) in [7, 11) is 0. The summed E-state index contributed by atoms with van der Waals surface area (Å²) in [5.74, 6) is 0.777. The van der Waals surface area contributed by atoms with Crippen LogP contribution in [0.1, 0.15) is 30.5 Å². The average molecular weight is 692 g/mol. The Kier molecular flexibility index (Phi) is 7.70. The topological polar surface area (TPSA) is 3.24 Å². The summed E-state index contributed by atoms with van der Waals surface area (Å²) in [4.78, 5) is 2.46. The molecule has 0 aliphatic heterocycles. The summed E-state index contributed by atoms with van der Waals surface area (Å²) in [5.41, 5.74) is 16.3. The van der Waals surface area contributed by atoms with Crippen molar-refractivity contribution < 1.29 is 0 Å². The molecule has 0 heterocycles. The third-order valence-corrected chi connectivity index (χ3v) is 11.9. The molecule has 2 unspecified atom stereocenters.